The number of hydrogen-bond donors (Lipinski definition) is 2. The Morgan fingerprint density at radius 1 is 1.22 bits per heavy atom. The van der Waals surface area contributed by atoms with Crippen LogP contribution in [0.25, 0.3) is 0 Å². The maximum absolute atomic E-state index is 12.1. The number of hydrogen-bond acceptors (Lipinski definition) is 3. The molecule has 1 aliphatic rings. The van der Waals surface area contributed by atoms with Gasteiger partial charge in [-0.2, -0.15) is 0 Å². The van der Waals surface area contributed by atoms with Gasteiger partial charge in [-0.25, -0.2) is 0 Å². The number of carbonyl (C=O) groups excluding carboxylic acids is 1. The van der Waals surface area contributed by atoms with Gasteiger partial charge in [0.25, 0.3) is 0 Å². The Morgan fingerprint density at radius 2 is 1.83 bits per heavy atom. The molecule has 0 saturated carbocycles. The Bertz CT molecular complexity index is 247. The van der Waals surface area contributed by atoms with Crippen LogP contribution in [-0.4, -0.2) is 48.6 Å². The van der Waals surface area contributed by atoms with Crippen molar-refractivity contribution in [2.24, 2.45) is 0 Å². The number of nitrogens with zero attached hydrogens (tertiary/aromatic N) is 1. The van der Waals surface area contributed by atoms with Gasteiger partial charge in [0.2, 0.25) is 5.91 Å². The fraction of sp³-hybridized carbons (Fsp3) is 0.929. The third-order valence-corrected chi connectivity index (χ3v) is 3.87. The van der Waals surface area contributed by atoms with Gasteiger partial charge >= 0.3 is 0 Å². The van der Waals surface area contributed by atoms with E-state index in [9.17, 15) is 4.79 Å². The van der Waals surface area contributed by atoms with Gasteiger partial charge in [-0.1, -0.05) is 6.92 Å². The summed E-state index contributed by atoms with van der Waals surface area (Å²) in [5.41, 5.74) is 0. The lowest BCUT2D eigenvalue weighted by Crippen LogP contribution is -2.50. The summed E-state index contributed by atoms with van der Waals surface area (Å²) in [6, 6.07) is 1.04. The lowest BCUT2D eigenvalue weighted by atomic mass is 10.2. The molecule has 3 atom stereocenters. The summed E-state index contributed by atoms with van der Waals surface area (Å²) in [4.78, 5) is 14.4. The Hall–Kier alpha value is -0.610. The first-order valence-electron chi connectivity index (χ1n) is 7.33. The SMILES string of the molecule is CCCNCCNC(=O)C(C)N1C(C)CCC1C. The molecule has 1 rings (SSSR count). The predicted octanol–water partition coefficient (Wildman–Crippen LogP) is 1.36. The molecule has 1 saturated heterocycles. The van der Waals surface area contributed by atoms with E-state index in [1.54, 1.807) is 0 Å². The predicted molar refractivity (Wildman–Crippen MR) is 75.6 cm³/mol. The zero-order valence-corrected chi connectivity index (χ0v) is 12.3. The lowest BCUT2D eigenvalue weighted by molar-refractivity contribution is -0.126. The van der Waals surface area contributed by atoms with E-state index < -0.39 is 0 Å². The highest BCUT2D eigenvalue weighted by Crippen LogP contribution is 2.25. The molecule has 3 unspecified atom stereocenters. The molecule has 18 heavy (non-hydrogen) atoms. The fourth-order valence-corrected chi connectivity index (χ4v) is 2.84. The number of amides is 1. The zero-order chi connectivity index (χ0) is 13.5. The van der Waals surface area contributed by atoms with Crippen LogP contribution in [0.5, 0.6) is 0 Å². The molecule has 106 valence electrons. The summed E-state index contributed by atoms with van der Waals surface area (Å²) >= 11 is 0. The zero-order valence-electron chi connectivity index (χ0n) is 12.3. The maximum Gasteiger partial charge on any atom is 0.237 e. The van der Waals surface area contributed by atoms with E-state index in [1.165, 1.54) is 12.8 Å². The number of likely N-dealkylation sites (tertiary alicyclic amines) is 1. The summed E-state index contributed by atoms with van der Waals surface area (Å²) in [7, 11) is 0. The van der Waals surface area contributed by atoms with Crippen molar-refractivity contribution in [3.63, 3.8) is 0 Å². The number of rotatable bonds is 7. The summed E-state index contributed by atoms with van der Waals surface area (Å²) in [6.07, 6.45) is 3.54. The van der Waals surface area contributed by atoms with Crippen molar-refractivity contribution in [3.8, 4) is 0 Å². The fourth-order valence-electron chi connectivity index (χ4n) is 2.84. The normalized spacial score (nSPS) is 26.2. The first-order chi connectivity index (χ1) is 8.57. The van der Waals surface area contributed by atoms with Crippen molar-refractivity contribution in [1.29, 1.82) is 0 Å². The third-order valence-electron chi connectivity index (χ3n) is 3.87. The molecule has 1 heterocycles. The Morgan fingerprint density at radius 3 is 2.39 bits per heavy atom. The van der Waals surface area contributed by atoms with Gasteiger partial charge in [-0.15, -0.1) is 0 Å². The molecule has 4 heteroatoms. The van der Waals surface area contributed by atoms with E-state index in [2.05, 4.69) is 36.3 Å². The van der Waals surface area contributed by atoms with E-state index in [0.29, 0.717) is 12.1 Å². The highest BCUT2D eigenvalue weighted by Gasteiger charge is 2.33. The van der Waals surface area contributed by atoms with Crippen LogP contribution in [0.3, 0.4) is 0 Å². The van der Waals surface area contributed by atoms with Gasteiger partial charge in [-0.05, 0) is 46.6 Å². The van der Waals surface area contributed by atoms with Crippen molar-refractivity contribution in [2.45, 2.75) is 65.1 Å². The molecule has 0 aromatic carbocycles. The van der Waals surface area contributed by atoms with Gasteiger partial charge in [0.1, 0.15) is 0 Å². The van der Waals surface area contributed by atoms with Crippen LogP contribution in [-0.2, 0) is 4.79 Å². The van der Waals surface area contributed by atoms with Crippen LogP contribution < -0.4 is 10.6 Å². The van der Waals surface area contributed by atoms with Crippen LogP contribution in [0.15, 0.2) is 0 Å². The monoisotopic (exact) mass is 255 g/mol. The average Bonchev–Trinajstić information content (AvgIpc) is 2.67. The van der Waals surface area contributed by atoms with Crippen LogP contribution >= 0.6 is 0 Å². The second-order valence-electron chi connectivity index (χ2n) is 5.44. The van der Waals surface area contributed by atoms with Gasteiger partial charge in [0.05, 0.1) is 6.04 Å². The second kappa shape index (κ2) is 7.74. The quantitative estimate of drug-likeness (QED) is 0.675. The van der Waals surface area contributed by atoms with Gasteiger partial charge in [0, 0.05) is 25.2 Å². The van der Waals surface area contributed by atoms with Gasteiger partial charge in [-0.3, -0.25) is 9.69 Å². The van der Waals surface area contributed by atoms with Crippen molar-refractivity contribution < 1.29 is 4.79 Å². The molecule has 0 bridgehead atoms. The second-order valence-corrected chi connectivity index (χ2v) is 5.44. The summed E-state index contributed by atoms with van der Waals surface area (Å²) < 4.78 is 0. The number of carbonyl (C=O) groups is 1. The Kier molecular flexibility index (Phi) is 6.65. The standard InChI is InChI=1S/C14H29N3O/c1-5-8-15-9-10-16-14(18)13(4)17-11(2)6-7-12(17)3/h11-13,15H,5-10H2,1-4H3,(H,16,18). The van der Waals surface area contributed by atoms with E-state index in [4.69, 9.17) is 0 Å². The van der Waals surface area contributed by atoms with E-state index in [-0.39, 0.29) is 11.9 Å². The van der Waals surface area contributed by atoms with Crippen LogP contribution in [0.4, 0.5) is 0 Å². The van der Waals surface area contributed by atoms with Gasteiger partial charge in [0.15, 0.2) is 0 Å². The molecular weight excluding hydrogens is 226 g/mol. The van der Waals surface area contributed by atoms with Crippen LogP contribution in [0, 0.1) is 0 Å². The van der Waals surface area contributed by atoms with E-state index in [1.807, 2.05) is 6.92 Å². The molecule has 1 fully saturated rings. The Balaban J connectivity index is 2.28. The first kappa shape index (κ1) is 15.4. The highest BCUT2D eigenvalue weighted by molar-refractivity contribution is 5.81. The molecule has 0 spiro atoms. The summed E-state index contributed by atoms with van der Waals surface area (Å²) in [5, 5.41) is 6.30. The summed E-state index contributed by atoms with van der Waals surface area (Å²) in [5.74, 6) is 0.161. The number of nitrogens with one attached hydrogen (secondary N) is 2. The van der Waals surface area contributed by atoms with Crippen molar-refractivity contribution in [1.82, 2.24) is 15.5 Å². The van der Waals surface area contributed by atoms with Crippen LogP contribution in [0.2, 0.25) is 0 Å². The topological polar surface area (TPSA) is 44.4 Å². The molecule has 4 nitrogen and oxygen atoms in total. The van der Waals surface area contributed by atoms with Crippen molar-refractivity contribution >= 4 is 5.91 Å². The molecule has 0 aliphatic carbocycles. The largest absolute Gasteiger partial charge is 0.353 e. The van der Waals surface area contributed by atoms with Crippen molar-refractivity contribution in [3.05, 3.63) is 0 Å². The third kappa shape index (κ3) is 4.25. The molecular formula is C14H29N3O. The minimum atomic E-state index is -0.0105. The minimum absolute atomic E-state index is 0.0105. The van der Waals surface area contributed by atoms with E-state index in [0.717, 1.165) is 26.1 Å². The lowest BCUT2D eigenvalue weighted by Gasteiger charge is -2.31. The molecule has 0 aromatic heterocycles. The smallest absolute Gasteiger partial charge is 0.237 e. The Labute approximate surface area is 111 Å². The van der Waals surface area contributed by atoms with E-state index >= 15 is 0 Å². The average molecular weight is 255 g/mol. The molecule has 0 radical (unpaired) electrons. The molecule has 1 aliphatic heterocycles. The minimum Gasteiger partial charge on any atom is -0.353 e. The summed E-state index contributed by atoms with van der Waals surface area (Å²) in [6.45, 7) is 11.2. The first-order valence-corrected chi connectivity index (χ1v) is 7.33. The molecule has 1 amide bonds. The molecule has 0 aromatic rings. The highest BCUT2D eigenvalue weighted by atomic mass is 16.2. The molecule has 2 N–H and O–H groups in total. The maximum atomic E-state index is 12.1. The van der Waals surface area contributed by atoms with Gasteiger partial charge < -0.3 is 10.6 Å². The van der Waals surface area contributed by atoms with Crippen LogP contribution in [0.1, 0.15) is 47.0 Å². The van der Waals surface area contributed by atoms with Crippen molar-refractivity contribution in [2.75, 3.05) is 19.6 Å².